The Labute approximate surface area is 103 Å². The van der Waals surface area contributed by atoms with E-state index in [1.807, 2.05) is 13.0 Å². The molecule has 96 valence electrons. The number of rotatable bonds is 3. The van der Waals surface area contributed by atoms with Gasteiger partial charge in [0, 0.05) is 18.9 Å². The number of hydrogen-bond acceptors (Lipinski definition) is 4. The standard InChI is InChI=1S/C13H23N3O/c1-8-6-7-16-12(15)9(8)10(14)11(17-5)13(2,3)4/h6-7,10-11H,14H2,1-5H3,(H2,15,16). The molecule has 1 aromatic rings. The fourth-order valence-corrected chi connectivity index (χ4v) is 2.21. The Kier molecular flexibility index (Phi) is 4.11. The number of aromatic nitrogens is 1. The van der Waals surface area contributed by atoms with Crippen molar-refractivity contribution >= 4 is 5.82 Å². The molecule has 2 unspecified atom stereocenters. The summed E-state index contributed by atoms with van der Waals surface area (Å²) in [6, 6.07) is 1.65. The van der Waals surface area contributed by atoms with Crippen LogP contribution in [-0.2, 0) is 4.74 Å². The molecule has 1 heterocycles. The first-order valence-electron chi connectivity index (χ1n) is 5.78. The second-order valence-electron chi connectivity index (χ2n) is 5.47. The van der Waals surface area contributed by atoms with Crippen LogP contribution in [0.4, 0.5) is 5.82 Å². The Morgan fingerprint density at radius 3 is 2.35 bits per heavy atom. The van der Waals surface area contributed by atoms with Gasteiger partial charge in [-0.3, -0.25) is 0 Å². The molecule has 0 aliphatic rings. The predicted octanol–water partition coefficient (Wildman–Crippen LogP) is 2.03. The summed E-state index contributed by atoms with van der Waals surface area (Å²) >= 11 is 0. The number of nitrogen functional groups attached to an aromatic ring is 1. The van der Waals surface area contributed by atoms with Crippen LogP contribution in [0.15, 0.2) is 12.3 Å². The molecule has 0 fully saturated rings. The highest BCUT2D eigenvalue weighted by Crippen LogP contribution is 2.33. The van der Waals surface area contributed by atoms with Crippen molar-refractivity contribution in [3.05, 3.63) is 23.4 Å². The lowest BCUT2D eigenvalue weighted by molar-refractivity contribution is -0.00245. The highest BCUT2D eigenvalue weighted by molar-refractivity contribution is 5.46. The van der Waals surface area contributed by atoms with Crippen molar-refractivity contribution in [3.63, 3.8) is 0 Å². The van der Waals surface area contributed by atoms with E-state index in [2.05, 4.69) is 25.8 Å². The van der Waals surface area contributed by atoms with Crippen molar-refractivity contribution in [1.29, 1.82) is 0 Å². The minimum atomic E-state index is -0.270. The summed E-state index contributed by atoms with van der Waals surface area (Å²) in [5, 5.41) is 0. The Balaban J connectivity index is 3.15. The number of pyridine rings is 1. The van der Waals surface area contributed by atoms with Crippen molar-refractivity contribution in [3.8, 4) is 0 Å². The fraction of sp³-hybridized carbons (Fsp3) is 0.615. The van der Waals surface area contributed by atoms with Gasteiger partial charge in [-0.25, -0.2) is 4.98 Å². The van der Waals surface area contributed by atoms with E-state index in [0.717, 1.165) is 11.1 Å². The van der Waals surface area contributed by atoms with E-state index < -0.39 is 0 Å². The van der Waals surface area contributed by atoms with Crippen LogP contribution in [0, 0.1) is 12.3 Å². The lowest BCUT2D eigenvalue weighted by Gasteiger charge is -2.35. The van der Waals surface area contributed by atoms with Crippen LogP contribution in [0.1, 0.15) is 37.9 Å². The number of ether oxygens (including phenoxy) is 1. The molecule has 0 aliphatic heterocycles. The van der Waals surface area contributed by atoms with Crippen molar-refractivity contribution < 1.29 is 4.74 Å². The first-order valence-corrected chi connectivity index (χ1v) is 5.78. The molecule has 0 amide bonds. The number of nitrogens with two attached hydrogens (primary N) is 2. The summed E-state index contributed by atoms with van der Waals surface area (Å²) in [4.78, 5) is 4.10. The first kappa shape index (κ1) is 13.9. The van der Waals surface area contributed by atoms with E-state index in [-0.39, 0.29) is 17.6 Å². The molecule has 0 aliphatic carbocycles. The molecule has 0 radical (unpaired) electrons. The second kappa shape index (κ2) is 5.02. The molecule has 0 saturated carbocycles. The van der Waals surface area contributed by atoms with Crippen LogP contribution in [0.25, 0.3) is 0 Å². The van der Waals surface area contributed by atoms with Gasteiger partial charge in [-0.15, -0.1) is 0 Å². The quantitative estimate of drug-likeness (QED) is 0.843. The molecule has 0 saturated heterocycles. The number of methoxy groups -OCH3 is 1. The van der Waals surface area contributed by atoms with E-state index in [4.69, 9.17) is 16.2 Å². The summed E-state index contributed by atoms with van der Waals surface area (Å²) in [7, 11) is 1.68. The number of hydrogen-bond donors (Lipinski definition) is 2. The molecule has 4 heteroatoms. The number of nitrogens with zero attached hydrogens (tertiary/aromatic N) is 1. The molecule has 17 heavy (non-hydrogen) atoms. The van der Waals surface area contributed by atoms with Gasteiger partial charge in [0.15, 0.2) is 0 Å². The van der Waals surface area contributed by atoms with Gasteiger partial charge in [0.1, 0.15) is 5.82 Å². The zero-order valence-electron chi connectivity index (χ0n) is 11.3. The molecule has 4 N–H and O–H groups in total. The van der Waals surface area contributed by atoms with E-state index in [1.54, 1.807) is 13.3 Å². The summed E-state index contributed by atoms with van der Waals surface area (Å²) in [6.45, 7) is 8.29. The van der Waals surface area contributed by atoms with Gasteiger partial charge < -0.3 is 16.2 Å². The van der Waals surface area contributed by atoms with Crippen LogP contribution in [-0.4, -0.2) is 18.2 Å². The van der Waals surface area contributed by atoms with Gasteiger partial charge in [0.05, 0.1) is 12.1 Å². The molecule has 4 nitrogen and oxygen atoms in total. The summed E-state index contributed by atoms with van der Waals surface area (Å²) in [5.41, 5.74) is 14.1. The molecule has 0 bridgehead atoms. The van der Waals surface area contributed by atoms with Crippen LogP contribution in [0.5, 0.6) is 0 Å². The Hall–Kier alpha value is -1.13. The monoisotopic (exact) mass is 237 g/mol. The third kappa shape index (κ3) is 2.96. The molecule has 1 aromatic heterocycles. The Bertz CT molecular complexity index is 364. The van der Waals surface area contributed by atoms with Crippen LogP contribution >= 0.6 is 0 Å². The zero-order chi connectivity index (χ0) is 13.2. The lowest BCUT2D eigenvalue weighted by Crippen LogP contribution is -2.39. The third-order valence-electron chi connectivity index (χ3n) is 3.01. The Morgan fingerprint density at radius 2 is 1.94 bits per heavy atom. The van der Waals surface area contributed by atoms with Crippen LogP contribution in [0.3, 0.4) is 0 Å². The van der Waals surface area contributed by atoms with Crippen LogP contribution in [0.2, 0.25) is 0 Å². The molecular weight excluding hydrogens is 214 g/mol. The fourth-order valence-electron chi connectivity index (χ4n) is 2.21. The molecule has 0 aromatic carbocycles. The molecule has 1 rings (SSSR count). The molecule has 2 atom stereocenters. The third-order valence-corrected chi connectivity index (χ3v) is 3.01. The first-order chi connectivity index (χ1) is 7.79. The summed E-state index contributed by atoms with van der Waals surface area (Å²) < 4.78 is 5.53. The van der Waals surface area contributed by atoms with Gasteiger partial charge in [0.25, 0.3) is 0 Å². The predicted molar refractivity (Wildman–Crippen MR) is 70.6 cm³/mol. The summed E-state index contributed by atoms with van der Waals surface area (Å²) in [6.07, 6.45) is 1.59. The summed E-state index contributed by atoms with van der Waals surface area (Å²) in [5.74, 6) is 0.490. The minimum absolute atomic E-state index is 0.0527. The van der Waals surface area contributed by atoms with E-state index in [0.29, 0.717) is 5.82 Å². The van der Waals surface area contributed by atoms with Crippen LogP contribution < -0.4 is 11.5 Å². The van der Waals surface area contributed by atoms with Gasteiger partial charge in [-0.1, -0.05) is 20.8 Å². The van der Waals surface area contributed by atoms with Crippen molar-refractivity contribution in [2.45, 2.75) is 39.8 Å². The topological polar surface area (TPSA) is 74.2 Å². The largest absolute Gasteiger partial charge is 0.383 e. The maximum Gasteiger partial charge on any atom is 0.128 e. The van der Waals surface area contributed by atoms with Gasteiger partial charge in [-0.2, -0.15) is 0 Å². The molecule has 0 spiro atoms. The zero-order valence-corrected chi connectivity index (χ0v) is 11.3. The van der Waals surface area contributed by atoms with Gasteiger partial charge in [0.2, 0.25) is 0 Å². The smallest absolute Gasteiger partial charge is 0.128 e. The van der Waals surface area contributed by atoms with Gasteiger partial charge >= 0.3 is 0 Å². The average molecular weight is 237 g/mol. The van der Waals surface area contributed by atoms with Crippen molar-refractivity contribution in [2.75, 3.05) is 12.8 Å². The average Bonchev–Trinajstić information content (AvgIpc) is 2.15. The lowest BCUT2D eigenvalue weighted by atomic mass is 9.81. The molecular formula is C13H23N3O. The normalized spacial score (nSPS) is 15.6. The SMILES string of the molecule is COC(C(N)c1c(C)ccnc1N)C(C)(C)C. The second-order valence-corrected chi connectivity index (χ2v) is 5.47. The Morgan fingerprint density at radius 1 is 1.35 bits per heavy atom. The van der Waals surface area contributed by atoms with E-state index in [9.17, 15) is 0 Å². The maximum atomic E-state index is 6.29. The number of aryl methyl sites for hydroxylation is 1. The maximum absolute atomic E-state index is 6.29. The minimum Gasteiger partial charge on any atom is -0.383 e. The van der Waals surface area contributed by atoms with Crippen molar-refractivity contribution in [1.82, 2.24) is 4.98 Å². The highest BCUT2D eigenvalue weighted by atomic mass is 16.5. The van der Waals surface area contributed by atoms with E-state index >= 15 is 0 Å². The highest BCUT2D eigenvalue weighted by Gasteiger charge is 2.32. The van der Waals surface area contributed by atoms with Gasteiger partial charge in [-0.05, 0) is 24.0 Å². The number of anilines is 1. The van der Waals surface area contributed by atoms with E-state index in [1.165, 1.54) is 0 Å². The van der Waals surface area contributed by atoms with Crippen molar-refractivity contribution in [2.24, 2.45) is 11.1 Å².